The van der Waals surface area contributed by atoms with Gasteiger partial charge in [0.1, 0.15) is 18.2 Å². The molecule has 1 saturated heterocycles. The summed E-state index contributed by atoms with van der Waals surface area (Å²) < 4.78 is 23.7. The summed E-state index contributed by atoms with van der Waals surface area (Å²) in [5.41, 5.74) is 0. The standard InChI is InChI=1S/C13H17ClFNO2/c14-12-8-10(15)3-4-13(12)18-7-5-16-9-11-2-1-6-17-11/h3-4,8,11,16H,1-2,5-7,9H2. The molecule has 1 aliphatic heterocycles. The summed E-state index contributed by atoms with van der Waals surface area (Å²) in [6.45, 7) is 2.93. The summed E-state index contributed by atoms with van der Waals surface area (Å²) in [6.07, 6.45) is 2.60. The van der Waals surface area contributed by atoms with Gasteiger partial charge in [0, 0.05) is 19.7 Å². The van der Waals surface area contributed by atoms with Crippen LogP contribution in [0.25, 0.3) is 0 Å². The van der Waals surface area contributed by atoms with Gasteiger partial charge in [0.05, 0.1) is 11.1 Å². The quantitative estimate of drug-likeness (QED) is 0.809. The monoisotopic (exact) mass is 273 g/mol. The lowest BCUT2D eigenvalue weighted by Crippen LogP contribution is -2.29. The summed E-state index contributed by atoms with van der Waals surface area (Å²) in [5.74, 6) is 0.154. The van der Waals surface area contributed by atoms with Crippen LogP contribution in [0.15, 0.2) is 18.2 Å². The van der Waals surface area contributed by atoms with E-state index in [1.165, 1.54) is 18.2 Å². The molecule has 3 nitrogen and oxygen atoms in total. The third-order valence-electron chi connectivity index (χ3n) is 2.83. The van der Waals surface area contributed by atoms with E-state index < -0.39 is 0 Å². The summed E-state index contributed by atoms with van der Waals surface area (Å²) in [7, 11) is 0. The molecule has 0 aliphatic carbocycles. The average molecular weight is 274 g/mol. The van der Waals surface area contributed by atoms with Crippen molar-refractivity contribution in [2.75, 3.05) is 26.3 Å². The second kappa shape index (κ2) is 6.92. The van der Waals surface area contributed by atoms with Crippen LogP contribution in [0, 0.1) is 5.82 Å². The lowest BCUT2D eigenvalue weighted by atomic mass is 10.2. The first kappa shape index (κ1) is 13.6. The van der Waals surface area contributed by atoms with Crippen LogP contribution in [0.4, 0.5) is 4.39 Å². The molecule has 1 aliphatic rings. The summed E-state index contributed by atoms with van der Waals surface area (Å²) in [6, 6.07) is 4.12. The van der Waals surface area contributed by atoms with Crippen LogP contribution in [0.2, 0.25) is 5.02 Å². The Kier molecular flexibility index (Phi) is 5.23. The minimum absolute atomic E-state index is 0.300. The van der Waals surface area contributed by atoms with Gasteiger partial charge in [-0.25, -0.2) is 4.39 Å². The van der Waals surface area contributed by atoms with Gasteiger partial charge < -0.3 is 14.8 Å². The summed E-state index contributed by atoms with van der Waals surface area (Å²) in [5, 5.41) is 3.56. The Bertz CT molecular complexity index is 383. The maximum Gasteiger partial charge on any atom is 0.138 e. The second-order valence-electron chi connectivity index (χ2n) is 4.26. The maximum atomic E-state index is 12.8. The van der Waals surface area contributed by atoms with Crippen molar-refractivity contribution in [3.63, 3.8) is 0 Å². The molecular formula is C13H17ClFNO2. The van der Waals surface area contributed by atoms with E-state index in [1.807, 2.05) is 0 Å². The van der Waals surface area contributed by atoms with E-state index in [4.69, 9.17) is 21.1 Å². The molecule has 0 amide bonds. The van der Waals surface area contributed by atoms with Crippen LogP contribution in [0.3, 0.4) is 0 Å². The van der Waals surface area contributed by atoms with Gasteiger partial charge in [0.25, 0.3) is 0 Å². The minimum Gasteiger partial charge on any atom is -0.491 e. The molecule has 0 aromatic heterocycles. The Hall–Kier alpha value is -0.840. The molecular weight excluding hydrogens is 257 g/mol. The summed E-state index contributed by atoms with van der Waals surface area (Å²) >= 11 is 5.84. The Labute approximate surface area is 111 Å². The van der Waals surface area contributed by atoms with Crippen molar-refractivity contribution < 1.29 is 13.9 Å². The highest BCUT2D eigenvalue weighted by Gasteiger charge is 2.14. The molecule has 1 aromatic carbocycles. The molecule has 0 bridgehead atoms. The van der Waals surface area contributed by atoms with Crippen molar-refractivity contribution in [2.24, 2.45) is 0 Å². The fourth-order valence-electron chi connectivity index (χ4n) is 1.89. The van der Waals surface area contributed by atoms with E-state index in [0.29, 0.717) is 30.0 Å². The summed E-state index contributed by atoms with van der Waals surface area (Å²) in [4.78, 5) is 0. The van der Waals surface area contributed by atoms with Gasteiger partial charge in [0.15, 0.2) is 0 Å². The Morgan fingerprint density at radius 1 is 1.50 bits per heavy atom. The number of hydrogen-bond donors (Lipinski definition) is 1. The van der Waals surface area contributed by atoms with Crippen LogP contribution in [-0.4, -0.2) is 32.4 Å². The van der Waals surface area contributed by atoms with Crippen molar-refractivity contribution in [2.45, 2.75) is 18.9 Å². The van der Waals surface area contributed by atoms with E-state index in [1.54, 1.807) is 0 Å². The van der Waals surface area contributed by atoms with E-state index in [9.17, 15) is 4.39 Å². The SMILES string of the molecule is Fc1ccc(OCCNCC2CCCO2)c(Cl)c1. The number of hydrogen-bond acceptors (Lipinski definition) is 3. The lowest BCUT2D eigenvalue weighted by Gasteiger charge is -2.12. The molecule has 1 heterocycles. The minimum atomic E-state index is -0.358. The molecule has 5 heteroatoms. The average Bonchev–Trinajstić information content (AvgIpc) is 2.84. The molecule has 0 spiro atoms. The Morgan fingerprint density at radius 2 is 2.39 bits per heavy atom. The number of nitrogens with one attached hydrogen (secondary N) is 1. The van der Waals surface area contributed by atoms with Crippen LogP contribution >= 0.6 is 11.6 Å². The van der Waals surface area contributed by atoms with Gasteiger partial charge in [-0.2, -0.15) is 0 Å². The molecule has 1 atom stereocenters. The van der Waals surface area contributed by atoms with Crippen molar-refractivity contribution in [1.29, 1.82) is 0 Å². The molecule has 100 valence electrons. The topological polar surface area (TPSA) is 30.5 Å². The van der Waals surface area contributed by atoms with Crippen molar-refractivity contribution >= 4 is 11.6 Å². The molecule has 1 unspecified atom stereocenters. The third kappa shape index (κ3) is 4.12. The molecule has 0 radical (unpaired) electrons. The van der Waals surface area contributed by atoms with Gasteiger partial charge in [-0.15, -0.1) is 0 Å². The zero-order valence-electron chi connectivity index (χ0n) is 10.1. The number of rotatable bonds is 6. The zero-order valence-corrected chi connectivity index (χ0v) is 10.9. The Balaban J connectivity index is 1.62. The van der Waals surface area contributed by atoms with Gasteiger partial charge >= 0.3 is 0 Å². The third-order valence-corrected chi connectivity index (χ3v) is 3.12. The van der Waals surface area contributed by atoms with Crippen molar-refractivity contribution in [3.05, 3.63) is 29.0 Å². The molecule has 2 rings (SSSR count). The van der Waals surface area contributed by atoms with Crippen LogP contribution in [0.5, 0.6) is 5.75 Å². The van der Waals surface area contributed by atoms with Gasteiger partial charge in [-0.3, -0.25) is 0 Å². The molecule has 1 aromatic rings. The predicted octanol–water partition coefficient (Wildman–Crippen LogP) is 2.63. The molecule has 1 fully saturated rings. The fraction of sp³-hybridized carbons (Fsp3) is 0.538. The first-order valence-corrected chi connectivity index (χ1v) is 6.53. The highest BCUT2D eigenvalue weighted by Crippen LogP contribution is 2.24. The molecule has 0 saturated carbocycles. The Morgan fingerprint density at radius 3 is 3.11 bits per heavy atom. The van der Waals surface area contributed by atoms with Gasteiger partial charge in [-0.05, 0) is 31.0 Å². The van der Waals surface area contributed by atoms with Crippen LogP contribution in [-0.2, 0) is 4.74 Å². The van der Waals surface area contributed by atoms with E-state index >= 15 is 0 Å². The fourth-order valence-corrected chi connectivity index (χ4v) is 2.12. The van der Waals surface area contributed by atoms with E-state index in [0.717, 1.165) is 26.0 Å². The number of halogens is 2. The highest BCUT2D eigenvalue weighted by atomic mass is 35.5. The number of benzene rings is 1. The highest BCUT2D eigenvalue weighted by molar-refractivity contribution is 6.32. The lowest BCUT2D eigenvalue weighted by molar-refractivity contribution is 0.109. The van der Waals surface area contributed by atoms with E-state index in [-0.39, 0.29) is 5.82 Å². The number of ether oxygens (including phenoxy) is 2. The molecule has 1 N–H and O–H groups in total. The van der Waals surface area contributed by atoms with Crippen molar-refractivity contribution in [3.8, 4) is 5.75 Å². The maximum absolute atomic E-state index is 12.8. The normalized spacial score (nSPS) is 19.1. The smallest absolute Gasteiger partial charge is 0.138 e. The van der Waals surface area contributed by atoms with Crippen LogP contribution in [0.1, 0.15) is 12.8 Å². The molecule has 18 heavy (non-hydrogen) atoms. The first-order chi connectivity index (χ1) is 8.75. The van der Waals surface area contributed by atoms with Gasteiger partial charge in [0.2, 0.25) is 0 Å². The van der Waals surface area contributed by atoms with Gasteiger partial charge in [-0.1, -0.05) is 11.6 Å². The van der Waals surface area contributed by atoms with Crippen LogP contribution < -0.4 is 10.1 Å². The van der Waals surface area contributed by atoms with E-state index in [2.05, 4.69) is 5.32 Å². The van der Waals surface area contributed by atoms with Crippen molar-refractivity contribution in [1.82, 2.24) is 5.32 Å². The second-order valence-corrected chi connectivity index (χ2v) is 4.67. The zero-order chi connectivity index (χ0) is 12.8. The largest absolute Gasteiger partial charge is 0.491 e. The predicted molar refractivity (Wildman–Crippen MR) is 68.7 cm³/mol. The first-order valence-electron chi connectivity index (χ1n) is 6.16.